The van der Waals surface area contributed by atoms with Crippen LogP contribution in [0.3, 0.4) is 0 Å². The van der Waals surface area contributed by atoms with Crippen LogP contribution in [0.15, 0.2) is 0 Å². The van der Waals surface area contributed by atoms with Gasteiger partial charge in [0.15, 0.2) is 0 Å². The van der Waals surface area contributed by atoms with Crippen LogP contribution in [-0.4, -0.2) is 28.9 Å². The van der Waals surface area contributed by atoms with E-state index in [2.05, 4.69) is 11.2 Å². The third kappa shape index (κ3) is 7.85. The van der Waals surface area contributed by atoms with Crippen molar-refractivity contribution >= 4 is 17.8 Å². The van der Waals surface area contributed by atoms with Crippen molar-refractivity contribution in [1.29, 1.82) is 0 Å². The van der Waals surface area contributed by atoms with Crippen molar-refractivity contribution in [3.05, 3.63) is 0 Å². The van der Waals surface area contributed by atoms with Crippen molar-refractivity contribution in [3.63, 3.8) is 0 Å². The number of carbonyl (C=O) groups excluding carboxylic acids is 2. The van der Waals surface area contributed by atoms with Crippen molar-refractivity contribution < 1.29 is 19.5 Å². The zero-order chi connectivity index (χ0) is 13.3. The number of amides is 2. The molecule has 0 radical (unpaired) electrons. The highest BCUT2D eigenvalue weighted by Gasteiger charge is 2.21. The van der Waals surface area contributed by atoms with Gasteiger partial charge in [-0.25, -0.2) is 4.79 Å². The van der Waals surface area contributed by atoms with Gasteiger partial charge < -0.3 is 16.2 Å². The number of aliphatic carboxylic acids is 1. The number of rotatable bonds is 8. The fraction of sp³-hybridized carbons (Fsp3) is 0.545. The number of carboxylic acids is 1. The predicted octanol–water partition coefficient (Wildman–Crippen LogP) is -0.375. The van der Waals surface area contributed by atoms with Crippen LogP contribution in [0, 0.1) is 12.3 Å². The third-order valence-electron chi connectivity index (χ3n) is 2.01. The molecule has 0 saturated heterocycles. The number of hydrogen-bond acceptors (Lipinski definition) is 3. The largest absolute Gasteiger partial charge is 0.480 e. The van der Waals surface area contributed by atoms with E-state index in [-0.39, 0.29) is 6.42 Å². The summed E-state index contributed by atoms with van der Waals surface area (Å²) in [4.78, 5) is 32.6. The van der Waals surface area contributed by atoms with Gasteiger partial charge in [0.2, 0.25) is 11.8 Å². The van der Waals surface area contributed by atoms with E-state index >= 15 is 0 Å². The summed E-state index contributed by atoms with van der Waals surface area (Å²) >= 11 is 0. The van der Waals surface area contributed by atoms with Gasteiger partial charge in [0.1, 0.15) is 6.04 Å². The Morgan fingerprint density at radius 3 is 2.47 bits per heavy atom. The quantitative estimate of drug-likeness (QED) is 0.397. The molecule has 0 heterocycles. The fourth-order valence-electron chi connectivity index (χ4n) is 1.18. The minimum Gasteiger partial charge on any atom is -0.480 e. The van der Waals surface area contributed by atoms with E-state index in [1.165, 1.54) is 0 Å². The number of hydrogen-bond donors (Lipinski definition) is 3. The average molecular weight is 240 g/mol. The Labute approximate surface area is 99.6 Å². The highest BCUT2D eigenvalue weighted by Crippen LogP contribution is 2.00. The first-order valence-corrected chi connectivity index (χ1v) is 5.21. The lowest BCUT2D eigenvalue weighted by molar-refractivity contribution is -0.143. The topological polar surface area (TPSA) is 109 Å². The van der Waals surface area contributed by atoms with Gasteiger partial charge in [-0.1, -0.05) is 0 Å². The second kappa shape index (κ2) is 8.16. The fourth-order valence-corrected chi connectivity index (χ4v) is 1.18. The molecule has 0 aromatic rings. The standard InChI is InChI=1S/C11H16N2O4/c1-2-3-4-5-6-10(15)13-8(11(16)17)7-9(12)14/h1,8H,3-7H2,(H2,12,14)(H,13,15)(H,16,17)/t8-/m1/s1. The maximum Gasteiger partial charge on any atom is 0.326 e. The highest BCUT2D eigenvalue weighted by atomic mass is 16.4. The molecule has 2 amide bonds. The lowest BCUT2D eigenvalue weighted by Gasteiger charge is -2.12. The summed E-state index contributed by atoms with van der Waals surface area (Å²) in [5, 5.41) is 11.0. The van der Waals surface area contributed by atoms with Crippen LogP contribution < -0.4 is 11.1 Å². The van der Waals surface area contributed by atoms with Gasteiger partial charge in [0.25, 0.3) is 0 Å². The van der Waals surface area contributed by atoms with E-state index in [0.717, 1.165) is 0 Å². The van der Waals surface area contributed by atoms with Crippen LogP contribution in [0.1, 0.15) is 32.1 Å². The SMILES string of the molecule is C#CCCCCC(=O)N[C@H](CC(N)=O)C(=O)O. The third-order valence-corrected chi connectivity index (χ3v) is 2.01. The first kappa shape index (κ1) is 15.0. The summed E-state index contributed by atoms with van der Waals surface area (Å²) in [5.41, 5.74) is 4.87. The molecule has 0 saturated carbocycles. The van der Waals surface area contributed by atoms with Crippen LogP contribution in [0.25, 0.3) is 0 Å². The molecule has 1 atom stereocenters. The summed E-state index contributed by atoms with van der Waals surface area (Å²) in [5.74, 6) is -0.0313. The molecule has 0 aliphatic heterocycles. The molecule has 0 aromatic heterocycles. The molecule has 0 aliphatic rings. The maximum atomic E-state index is 11.3. The predicted molar refractivity (Wildman–Crippen MR) is 60.7 cm³/mol. The second-order valence-corrected chi connectivity index (χ2v) is 3.54. The Kier molecular flexibility index (Phi) is 7.19. The highest BCUT2D eigenvalue weighted by molar-refractivity contribution is 5.88. The Bertz CT molecular complexity index is 333. The minimum absolute atomic E-state index is 0.185. The number of carboxylic acid groups (broad SMARTS) is 1. The van der Waals surface area contributed by atoms with Gasteiger partial charge in [-0.2, -0.15) is 0 Å². The van der Waals surface area contributed by atoms with Crippen LogP contribution in [0.4, 0.5) is 0 Å². The van der Waals surface area contributed by atoms with Gasteiger partial charge in [0, 0.05) is 12.8 Å². The Morgan fingerprint density at radius 2 is 2.00 bits per heavy atom. The molecule has 94 valence electrons. The molecule has 0 rings (SSSR count). The van der Waals surface area contributed by atoms with Crippen molar-refractivity contribution in [2.24, 2.45) is 5.73 Å². The van der Waals surface area contributed by atoms with Crippen molar-refractivity contribution in [1.82, 2.24) is 5.32 Å². The van der Waals surface area contributed by atoms with Crippen LogP contribution in [-0.2, 0) is 14.4 Å². The molecular formula is C11H16N2O4. The van der Waals surface area contributed by atoms with Crippen molar-refractivity contribution in [3.8, 4) is 12.3 Å². The van der Waals surface area contributed by atoms with Crippen molar-refractivity contribution in [2.45, 2.75) is 38.1 Å². The summed E-state index contributed by atoms with van der Waals surface area (Å²) in [6.07, 6.45) is 6.68. The number of primary amides is 1. The molecule has 0 spiro atoms. The Balaban J connectivity index is 4.01. The van der Waals surface area contributed by atoms with E-state index in [1.54, 1.807) is 0 Å². The second-order valence-electron chi connectivity index (χ2n) is 3.54. The van der Waals surface area contributed by atoms with Gasteiger partial charge in [0.05, 0.1) is 6.42 Å². The lowest BCUT2D eigenvalue weighted by atomic mass is 10.1. The van der Waals surface area contributed by atoms with Crippen LogP contribution >= 0.6 is 0 Å². The maximum absolute atomic E-state index is 11.3. The van der Waals surface area contributed by atoms with Gasteiger partial charge in [-0.15, -0.1) is 12.3 Å². The number of nitrogens with one attached hydrogen (secondary N) is 1. The Morgan fingerprint density at radius 1 is 1.35 bits per heavy atom. The molecule has 0 aliphatic carbocycles. The molecule has 6 nitrogen and oxygen atoms in total. The smallest absolute Gasteiger partial charge is 0.326 e. The summed E-state index contributed by atoms with van der Waals surface area (Å²) < 4.78 is 0. The Hall–Kier alpha value is -2.03. The first-order valence-electron chi connectivity index (χ1n) is 5.21. The van der Waals surface area contributed by atoms with E-state index < -0.39 is 30.2 Å². The van der Waals surface area contributed by atoms with E-state index in [0.29, 0.717) is 19.3 Å². The zero-order valence-corrected chi connectivity index (χ0v) is 9.44. The minimum atomic E-state index is -1.28. The van der Waals surface area contributed by atoms with Crippen LogP contribution in [0.2, 0.25) is 0 Å². The van der Waals surface area contributed by atoms with Gasteiger partial charge >= 0.3 is 5.97 Å². The van der Waals surface area contributed by atoms with E-state index in [9.17, 15) is 14.4 Å². The van der Waals surface area contributed by atoms with E-state index in [4.69, 9.17) is 17.3 Å². The molecule has 17 heavy (non-hydrogen) atoms. The van der Waals surface area contributed by atoms with Crippen LogP contribution in [0.5, 0.6) is 0 Å². The van der Waals surface area contributed by atoms with Gasteiger partial charge in [-0.05, 0) is 12.8 Å². The molecule has 0 fully saturated rings. The summed E-state index contributed by atoms with van der Waals surface area (Å²) in [6, 6.07) is -1.26. The molecule has 0 unspecified atom stereocenters. The summed E-state index contributed by atoms with van der Waals surface area (Å²) in [6.45, 7) is 0. The summed E-state index contributed by atoms with van der Waals surface area (Å²) in [7, 11) is 0. The molecule has 6 heteroatoms. The monoisotopic (exact) mass is 240 g/mol. The number of terminal acetylenes is 1. The molecular weight excluding hydrogens is 224 g/mol. The molecule has 0 bridgehead atoms. The first-order chi connectivity index (χ1) is 7.97. The van der Waals surface area contributed by atoms with E-state index in [1.807, 2.05) is 0 Å². The number of carbonyl (C=O) groups is 3. The molecule has 0 aromatic carbocycles. The zero-order valence-electron chi connectivity index (χ0n) is 9.44. The average Bonchev–Trinajstić information content (AvgIpc) is 2.22. The van der Waals surface area contributed by atoms with Gasteiger partial charge in [-0.3, -0.25) is 9.59 Å². The lowest BCUT2D eigenvalue weighted by Crippen LogP contribution is -2.43. The normalized spacial score (nSPS) is 11.2. The molecule has 4 N–H and O–H groups in total. The number of nitrogens with two attached hydrogens (primary N) is 1. The number of unbranched alkanes of at least 4 members (excludes halogenated alkanes) is 2. The van der Waals surface area contributed by atoms with Crippen molar-refractivity contribution in [2.75, 3.05) is 0 Å².